The summed E-state index contributed by atoms with van der Waals surface area (Å²) in [6.07, 6.45) is 4.85. The van der Waals surface area contributed by atoms with Crippen molar-refractivity contribution in [2.24, 2.45) is 0 Å². The van der Waals surface area contributed by atoms with E-state index in [1.807, 2.05) is 0 Å². The molecule has 0 spiro atoms. The summed E-state index contributed by atoms with van der Waals surface area (Å²) < 4.78 is 16.9. The fourth-order valence-corrected chi connectivity index (χ4v) is 4.88. The molecule has 0 radical (unpaired) electrons. The Bertz CT molecular complexity index is 1210. The molecule has 1 N–H and O–H groups in total. The number of Topliss-reactive ketones (excluding diaryl/α,β-unsaturated/α-hetero) is 1. The van der Waals surface area contributed by atoms with Gasteiger partial charge in [-0.15, -0.1) is 0 Å². The summed E-state index contributed by atoms with van der Waals surface area (Å²) in [4.78, 5) is 39.7. The molecule has 166 valence electrons. The lowest BCUT2D eigenvalue weighted by Gasteiger charge is -2.33. The minimum Gasteiger partial charge on any atom is -0.464 e. The van der Waals surface area contributed by atoms with Crippen LogP contribution in [-0.2, 0) is 19.1 Å². The lowest BCUT2D eigenvalue weighted by molar-refractivity contribution is -0.142. The highest BCUT2D eigenvalue weighted by Crippen LogP contribution is 2.42. The normalized spacial score (nSPS) is 23.3. The number of carbonyl (C=O) groups is 2. The van der Waals surface area contributed by atoms with Gasteiger partial charge in [-0.05, 0) is 44.7 Å². The highest BCUT2D eigenvalue weighted by molar-refractivity contribution is 6.04. The number of benzene rings is 1. The van der Waals surface area contributed by atoms with Crippen LogP contribution in [0.4, 0.5) is 0 Å². The van der Waals surface area contributed by atoms with Crippen LogP contribution < -0.4 is 10.7 Å². The number of nitrogens with one attached hydrogen (secondary N) is 1. The number of hydrogen-bond acceptors (Lipinski definition) is 7. The SMILES string of the molecule is CC1=C(C(=O)OC[C@H]2CCCO2)[C@@H](c2coc3ccccc3c2=O)C2=C(CCCC2=O)N1. The monoisotopic (exact) mass is 435 g/mol. The molecular weight excluding hydrogens is 410 g/mol. The molecule has 0 bridgehead atoms. The van der Waals surface area contributed by atoms with Crippen molar-refractivity contribution in [3.05, 3.63) is 68.9 Å². The molecule has 1 saturated heterocycles. The number of rotatable bonds is 4. The number of fused-ring (bicyclic) bond motifs is 1. The summed E-state index contributed by atoms with van der Waals surface area (Å²) in [5.41, 5.74) is 2.59. The molecule has 0 unspecified atom stereocenters. The van der Waals surface area contributed by atoms with Gasteiger partial charge in [-0.25, -0.2) is 4.79 Å². The number of para-hydroxylation sites is 1. The first-order valence-electron chi connectivity index (χ1n) is 11.1. The summed E-state index contributed by atoms with van der Waals surface area (Å²) in [6.45, 7) is 2.59. The Kier molecular flexibility index (Phi) is 5.43. The Labute approximate surface area is 185 Å². The van der Waals surface area contributed by atoms with Crippen LogP contribution in [0.3, 0.4) is 0 Å². The van der Waals surface area contributed by atoms with Crippen LogP contribution in [-0.4, -0.2) is 31.1 Å². The standard InChI is InChI=1S/C25H25NO6/c1-14-21(25(29)32-12-15-6-5-11-30-15)22(23-18(26-14)8-4-9-19(23)27)17-13-31-20-10-3-2-7-16(20)24(17)28/h2-3,7,10,13,15,22,26H,4-6,8-9,11-12H2,1H3/t15-,22-/m1/s1. The molecule has 1 aromatic carbocycles. The molecule has 7 nitrogen and oxygen atoms in total. The minimum atomic E-state index is -0.822. The first-order valence-corrected chi connectivity index (χ1v) is 11.1. The van der Waals surface area contributed by atoms with E-state index in [0.29, 0.717) is 41.7 Å². The highest BCUT2D eigenvalue weighted by Gasteiger charge is 2.41. The van der Waals surface area contributed by atoms with Gasteiger partial charge >= 0.3 is 5.97 Å². The summed E-state index contributed by atoms with van der Waals surface area (Å²) >= 11 is 0. The lowest BCUT2D eigenvalue weighted by atomic mass is 9.75. The zero-order valence-corrected chi connectivity index (χ0v) is 17.9. The Morgan fingerprint density at radius 2 is 2.03 bits per heavy atom. The van der Waals surface area contributed by atoms with Crippen LogP contribution in [0, 0.1) is 0 Å². The van der Waals surface area contributed by atoms with Crippen LogP contribution in [0.2, 0.25) is 0 Å². The van der Waals surface area contributed by atoms with E-state index < -0.39 is 11.9 Å². The Hall–Kier alpha value is -3.19. The number of allylic oxidation sites excluding steroid dienone is 3. The molecule has 7 heteroatoms. The fourth-order valence-electron chi connectivity index (χ4n) is 4.88. The van der Waals surface area contributed by atoms with Crippen molar-refractivity contribution in [2.75, 3.05) is 13.2 Å². The third kappa shape index (κ3) is 3.56. The Morgan fingerprint density at radius 3 is 2.84 bits per heavy atom. The van der Waals surface area contributed by atoms with Crippen molar-refractivity contribution in [1.82, 2.24) is 5.32 Å². The number of ketones is 1. The van der Waals surface area contributed by atoms with Crippen molar-refractivity contribution in [3.63, 3.8) is 0 Å². The lowest BCUT2D eigenvalue weighted by Crippen LogP contribution is -2.36. The second kappa shape index (κ2) is 8.39. The van der Waals surface area contributed by atoms with Crippen molar-refractivity contribution in [3.8, 4) is 0 Å². The molecule has 2 aromatic rings. The smallest absolute Gasteiger partial charge is 0.336 e. The molecule has 1 aliphatic carbocycles. The van der Waals surface area contributed by atoms with E-state index in [-0.39, 0.29) is 35.1 Å². The molecule has 2 atom stereocenters. The number of hydrogen-bond donors (Lipinski definition) is 1. The van der Waals surface area contributed by atoms with Crippen LogP contribution in [0.5, 0.6) is 0 Å². The predicted molar refractivity (Wildman–Crippen MR) is 117 cm³/mol. The van der Waals surface area contributed by atoms with Crippen molar-refractivity contribution < 1.29 is 23.5 Å². The van der Waals surface area contributed by atoms with Crippen LogP contribution in [0.1, 0.15) is 50.5 Å². The van der Waals surface area contributed by atoms with E-state index >= 15 is 0 Å². The second-order valence-corrected chi connectivity index (χ2v) is 8.52. The van der Waals surface area contributed by atoms with Gasteiger partial charge in [-0.2, -0.15) is 0 Å². The van der Waals surface area contributed by atoms with Gasteiger partial charge in [0, 0.05) is 35.6 Å². The quantitative estimate of drug-likeness (QED) is 0.735. The zero-order chi connectivity index (χ0) is 22.2. The summed E-state index contributed by atoms with van der Waals surface area (Å²) in [5, 5.41) is 3.65. The van der Waals surface area contributed by atoms with E-state index in [9.17, 15) is 14.4 Å². The number of dihydropyridines is 1. The van der Waals surface area contributed by atoms with Gasteiger partial charge in [0.25, 0.3) is 0 Å². The average molecular weight is 435 g/mol. The number of ether oxygens (including phenoxy) is 2. The average Bonchev–Trinajstić information content (AvgIpc) is 3.31. The highest BCUT2D eigenvalue weighted by atomic mass is 16.6. The van der Waals surface area contributed by atoms with Gasteiger partial charge in [0.05, 0.1) is 29.2 Å². The molecule has 3 heterocycles. The maximum absolute atomic E-state index is 13.4. The Morgan fingerprint density at radius 1 is 1.19 bits per heavy atom. The van der Waals surface area contributed by atoms with Crippen molar-refractivity contribution in [2.45, 2.75) is 51.0 Å². The minimum absolute atomic E-state index is 0.0618. The van der Waals surface area contributed by atoms with E-state index in [4.69, 9.17) is 13.9 Å². The third-order valence-corrected chi connectivity index (χ3v) is 6.44. The van der Waals surface area contributed by atoms with Gasteiger partial charge < -0.3 is 19.2 Å². The molecule has 32 heavy (non-hydrogen) atoms. The molecule has 2 aliphatic heterocycles. The Balaban J connectivity index is 1.60. The van der Waals surface area contributed by atoms with E-state index in [2.05, 4.69) is 5.32 Å². The first-order chi connectivity index (χ1) is 15.5. The summed E-state index contributed by atoms with van der Waals surface area (Å²) in [6, 6.07) is 6.96. The second-order valence-electron chi connectivity index (χ2n) is 8.52. The summed E-state index contributed by atoms with van der Waals surface area (Å²) in [7, 11) is 0. The van der Waals surface area contributed by atoms with Gasteiger partial charge in [-0.3, -0.25) is 9.59 Å². The largest absolute Gasteiger partial charge is 0.464 e. The van der Waals surface area contributed by atoms with Crippen molar-refractivity contribution in [1.29, 1.82) is 0 Å². The van der Waals surface area contributed by atoms with Gasteiger partial charge in [0.2, 0.25) is 0 Å². The fraction of sp³-hybridized carbons (Fsp3) is 0.400. The molecule has 0 saturated carbocycles. The van der Waals surface area contributed by atoms with E-state index in [1.54, 1.807) is 31.2 Å². The first kappa shape index (κ1) is 20.7. The molecule has 1 aromatic heterocycles. The summed E-state index contributed by atoms with van der Waals surface area (Å²) in [5.74, 6) is -1.43. The maximum atomic E-state index is 13.4. The third-order valence-electron chi connectivity index (χ3n) is 6.44. The zero-order valence-electron chi connectivity index (χ0n) is 17.9. The van der Waals surface area contributed by atoms with Gasteiger partial charge in [-0.1, -0.05) is 12.1 Å². The van der Waals surface area contributed by atoms with Crippen LogP contribution >= 0.6 is 0 Å². The topological polar surface area (TPSA) is 94.8 Å². The van der Waals surface area contributed by atoms with E-state index in [0.717, 1.165) is 25.0 Å². The van der Waals surface area contributed by atoms with Crippen molar-refractivity contribution >= 4 is 22.7 Å². The van der Waals surface area contributed by atoms with Crippen LogP contribution in [0.15, 0.2) is 62.3 Å². The molecule has 5 rings (SSSR count). The number of esters is 1. The van der Waals surface area contributed by atoms with Crippen LogP contribution in [0.25, 0.3) is 11.0 Å². The molecular formula is C25H25NO6. The number of carbonyl (C=O) groups excluding carboxylic acids is 2. The molecule has 0 amide bonds. The predicted octanol–water partition coefficient (Wildman–Crippen LogP) is 3.48. The molecule has 3 aliphatic rings. The van der Waals surface area contributed by atoms with E-state index in [1.165, 1.54) is 6.26 Å². The van der Waals surface area contributed by atoms with Gasteiger partial charge in [0.15, 0.2) is 11.2 Å². The maximum Gasteiger partial charge on any atom is 0.336 e. The van der Waals surface area contributed by atoms with Gasteiger partial charge in [0.1, 0.15) is 12.2 Å². The molecule has 1 fully saturated rings.